The Morgan fingerprint density at radius 1 is 1.00 bits per heavy atom. The summed E-state index contributed by atoms with van der Waals surface area (Å²) in [5, 5.41) is 10.4. The van der Waals surface area contributed by atoms with Crippen LogP contribution in [0.15, 0.2) is 42.5 Å². The largest absolute Gasteiger partial charge is 0.392 e. The van der Waals surface area contributed by atoms with Crippen molar-refractivity contribution < 1.29 is 5.11 Å². The van der Waals surface area contributed by atoms with Crippen molar-refractivity contribution in [2.75, 3.05) is 13.1 Å². The summed E-state index contributed by atoms with van der Waals surface area (Å²) in [6.07, 6.45) is 2.60. The third kappa shape index (κ3) is 3.46. The zero-order valence-corrected chi connectivity index (χ0v) is 12.8. The Hall–Kier alpha value is -1.35. The SMILES string of the molecule is OCc1cc(CN2CCCC2)ccc1-c1ccc(Cl)cc1. The fourth-order valence-electron chi connectivity index (χ4n) is 2.99. The number of aliphatic hydroxyl groups excluding tert-OH is 1. The molecule has 2 aromatic carbocycles. The average molecular weight is 302 g/mol. The summed E-state index contributed by atoms with van der Waals surface area (Å²) in [7, 11) is 0. The van der Waals surface area contributed by atoms with Gasteiger partial charge in [0.25, 0.3) is 0 Å². The highest BCUT2D eigenvalue weighted by atomic mass is 35.5. The molecule has 2 aromatic rings. The second-order valence-corrected chi connectivity index (χ2v) is 6.08. The first-order valence-electron chi connectivity index (χ1n) is 7.47. The molecule has 0 radical (unpaired) electrons. The molecule has 1 saturated heterocycles. The Balaban J connectivity index is 1.86. The molecule has 0 aromatic heterocycles. The van der Waals surface area contributed by atoms with Crippen molar-refractivity contribution in [3.63, 3.8) is 0 Å². The number of nitrogens with zero attached hydrogens (tertiary/aromatic N) is 1. The molecule has 0 amide bonds. The van der Waals surface area contributed by atoms with Gasteiger partial charge in [-0.05, 0) is 60.3 Å². The average Bonchev–Trinajstić information content (AvgIpc) is 3.01. The first-order valence-corrected chi connectivity index (χ1v) is 7.85. The van der Waals surface area contributed by atoms with E-state index in [2.05, 4.69) is 23.1 Å². The predicted octanol–water partition coefficient (Wildman–Crippen LogP) is 4.10. The maximum atomic E-state index is 9.68. The Bertz CT molecular complexity index is 603. The topological polar surface area (TPSA) is 23.5 Å². The van der Waals surface area contributed by atoms with E-state index < -0.39 is 0 Å². The fraction of sp³-hybridized carbons (Fsp3) is 0.333. The van der Waals surface area contributed by atoms with Gasteiger partial charge in [-0.15, -0.1) is 0 Å². The molecule has 3 heteroatoms. The van der Waals surface area contributed by atoms with Gasteiger partial charge in [0.1, 0.15) is 0 Å². The Morgan fingerprint density at radius 2 is 1.71 bits per heavy atom. The van der Waals surface area contributed by atoms with Crippen molar-refractivity contribution in [1.82, 2.24) is 4.90 Å². The molecular formula is C18H20ClNO. The quantitative estimate of drug-likeness (QED) is 0.919. The Morgan fingerprint density at radius 3 is 2.38 bits per heavy atom. The fourth-order valence-corrected chi connectivity index (χ4v) is 3.11. The van der Waals surface area contributed by atoms with E-state index in [1.165, 1.54) is 31.5 Å². The van der Waals surface area contributed by atoms with Crippen LogP contribution in [-0.4, -0.2) is 23.1 Å². The van der Waals surface area contributed by atoms with E-state index in [0.29, 0.717) is 0 Å². The molecule has 3 rings (SSSR count). The van der Waals surface area contributed by atoms with Gasteiger partial charge in [0.05, 0.1) is 6.61 Å². The number of likely N-dealkylation sites (tertiary alicyclic amines) is 1. The van der Waals surface area contributed by atoms with Crippen LogP contribution >= 0.6 is 11.6 Å². The Kier molecular flexibility index (Phi) is 4.59. The minimum atomic E-state index is 0.0613. The van der Waals surface area contributed by atoms with Gasteiger partial charge in [0.15, 0.2) is 0 Å². The van der Waals surface area contributed by atoms with Crippen LogP contribution in [0.1, 0.15) is 24.0 Å². The number of benzene rings is 2. The normalized spacial score (nSPS) is 15.5. The maximum absolute atomic E-state index is 9.68. The Labute approximate surface area is 131 Å². The van der Waals surface area contributed by atoms with E-state index in [9.17, 15) is 5.11 Å². The van der Waals surface area contributed by atoms with Crippen LogP contribution in [0, 0.1) is 0 Å². The monoisotopic (exact) mass is 301 g/mol. The molecule has 0 atom stereocenters. The molecule has 0 aliphatic carbocycles. The van der Waals surface area contributed by atoms with Crippen LogP contribution in [0.3, 0.4) is 0 Å². The zero-order chi connectivity index (χ0) is 14.7. The van der Waals surface area contributed by atoms with E-state index in [1.54, 1.807) is 0 Å². The van der Waals surface area contributed by atoms with Crippen molar-refractivity contribution in [2.45, 2.75) is 26.0 Å². The van der Waals surface area contributed by atoms with Crippen LogP contribution in [0.4, 0.5) is 0 Å². The standard InChI is InChI=1S/C18H20ClNO/c19-17-6-4-15(5-7-17)18-8-3-14(11-16(18)13-21)12-20-9-1-2-10-20/h3-8,11,21H,1-2,9-10,12-13H2. The molecule has 1 fully saturated rings. The summed E-state index contributed by atoms with van der Waals surface area (Å²) >= 11 is 5.94. The third-order valence-corrected chi connectivity index (χ3v) is 4.35. The molecule has 1 aliphatic heterocycles. The molecule has 2 nitrogen and oxygen atoms in total. The van der Waals surface area contributed by atoms with Crippen molar-refractivity contribution in [3.8, 4) is 11.1 Å². The lowest BCUT2D eigenvalue weighted by molar-refractivity contribution is 0.281. The first-order chi connectivity index (χ1) is 10.3. The van der Waals surface area contributed by atoms with E-state index in [0.717, 1.165) is 28.3 Å². The van der Waals surface area contributed by atoms with E-state index in [1.807, 2.05) is 24.3 Å². The van der Waals surface area contributed by atoms with Crippen LogP contribution in [0.25, 0.3) is 11.1 Å². The molecule has 0 bridgehead atoms. The van der Waals surface area contributed by atoms with Gasteiger partial charge >= 0.3 is 0 Å². The third-order valence-electron chi connectivity index (χ3n) is 4.10. The maximum Gasteiger partial charge on any atom is 0.0687 e. The smallest absolute Gasteiger partial charge is 0.0687 e. The van der Waals surface area contributed by atoms with Crippen LogP contribution in [0.2, 0.25) is 5.02 Å². The lowest BCUT2D eigenvalue weighted by Crippen LogP contribution is -2.18. The number of hydrogen-bond donors (Lipinski definition) is 1. The molecule has 0 unspecified atom stereocenters. The molecule has 110 valence electrons. The van der Waals surface area contributed by atoms with E-state index in [4.69, 9.17) is 11.6 Å². The van der Waals surface area contributed by atoms with Crippen LogP contribution in [-0.2, 0) is 13.2 Å². The van der Waals surface area contributed by atoms with Crippen molar-refractivity contribution in [3.05, 3.63) is 58.6 Å². The molecule has 0 spiro atoms. The lowest BCUT2D eigenvalue weighted by atomic mass is 9.98. The zero-order valence-electron chi connectivity index (χ0n) is 12.1. The summed E-state index contributed by atoms with van der Waals surface area (Å²) in [5.74, 6) is 0. The summed E-state index contributed by atoms with van der Waals surface area (Å²) < 4.78 is 0. The molecule has 0 saturated carbocycles. The van der Waals surface area contributed by atoms with E-state index in [-0.39, 0.29) is 6.61 Å². The summed E-state index contributed by atoms with van der Waals surface area (Å²) in [6.45, 7) is 3.42. The predicted molar refractivity (Wildman–Crippen MR) is 87.3 cm³/mol. The van der Waals surface area contributed by atoms with Crippen LogP contribution < -0.4 is 0 Å². The number of aliphatic hydroxyl groups is 1. The van der Waals surface area contributed by atoms with Gasteiger partial charge in [-0.25, -0.2) is 0 Å². The minimum absolute atomic E-state index is 0.0613. The lowest BCUT2D eigenvalue weighted by Gasteiger charge is -2.16. The molecule has 21 heavy (non-hydrogen) atoms. The van der Waals surface area contributed by atoms with Gasteiger partial charge in [-0.3, -0.25) is 4.90 Å². The van der Waals surface area contributed by atoms with Crippen LogP contribution in [0.5, 0.6) is 0 Å². The highest BCUT2D eigenvalue weighted by Gasteiger charge is 2.13. The van der Waals surface area contributed by atoms with Gasteiger partial charge in [0.2, 0.25) is 0 Å². The van der Waals surface area contributed by atoms with Crippen molar-refractivity contribution in [1.29, 1.82) is 0 Å². The summed E-state index contributed by atoms with van der Waals surface area (Å²) in [6, 6.07) is 14.2. The van der Waals surface area contributed by atoms with E-state index >= 15 is 0 Å². The van der Waals surface area contributed by atoms with Gasteiger partial charge in [-0.2, -0.15) is 0 Å². The highest BCUT2D eigenvalue weighted by Crippen LogP contribution is 2.27. The number of hydrogen-bond acceptors (Lipinski definition) is 2. The molecule has 1 N–H and O–H groups in total. The summed E-state index contributed by atoms with van der Waals surface area (Å²) in [5.41, 5.74) is 4.43. The number of halogens is 1. The second-order valence-electron chi connectivity index (χ2n) is 5.64. The van der Waals surface area contributed by atoms with Crippen molar-refractivity contribution >= 4 is 11.6 Å². The highest BCUT2D eigenvalue weighted by molar-refractivity contribution is 6.30. The minimum Gasteiger partial charge on any atom is -0.392 e. The van der Waals surface area contributed by atoms with Crippen molar-refractivity contribution in [2.24, 2.45) is 0 Å². The van der Waals surface area contributed by atoms with Gasteiger partial charge in [0, 0.05) is 11.6 Å². The number of rotatable bonds is 4. The molecule has 1 heterocycles. The second kappa shape index (κ2) is 6.61. The van der Waals surface area contributed by atoms with Gasteiger partial charge < -0.3 is 5.11 Å². The summed E-state index contributed by atoms with van der Waals surface area (Å²) in [4.78, 5) is 2.47. The van der Waals surface area contributed by atoms with Gasteiger partial charge in [-0.1, -0.05) is 41.9 Å². The molecular weight excluding hydrogens is 282 g/mol. The molecule has 1 aliphatic rings. The first kappa shape index (κ1) is 14.6.